The average Bonchev–Trinajstić information content (AvgIpc) is 3.01. The van der Waals surface area contributed by atoms with Gasteiger partial charge >= 0.3 is 0 Å². The van der Waals surface area contributed by atoms with Crippen molar-refractivity contribution in [3.05, 3.63) is 40.3 Å². The van der Waals surface area contributed by atoms with E-state index in [1.807, 2.05) is 0 Å². The van der Waals surface area contributed by atoms with Crippen LogP contribution in [0.4, 0.5) is 0 Å². The van der Waals surface area contributed by atoms with Crippen LogP contribution in [0.15, 0.2) is 29.1 Å². The molecule has 1 fully saturated rings. The average molecular weight is 286 g/mol. The third-order valence-corrected chi connectivity index (χ3v) is 3.82. The number of rotatable bonds is 4. The topological polar surface area (TPSA) is 78.1 Å². The van der Waals surface area contributed by atoms with E-state index < -0.39 is 0 Å². The van der Waals surface area contributed by atoms with Crippen LogP contribution in [0.5, 0.6) is 0 Å². The molecule has 0 unspecified atom stereocenters. The van der Waals surface area contributed by atoms with E-state index >= 15 is 0 Å². The van der Waals surface area contributed by atoms with Crippen LogP contribution >= 0.6 is 0 Å². The largest absolute Gasteiger partial charge is 0.349 e. The molecule has 110 valence electrons. The molecule has 2 N–H and O–H groups in total. The van der Waals surface area contributed by atoms with Gasteiger partial charge in [0.25, 0.3) is 11.5 Å². The molecule has 21 heavy (non-hydrogen) atoms. The summed E-state index contributed by atoms with van der Waals surface area (Å²) in [7, 11) is 0. The highest BCUT2D eigenvalue weighted by Gasteiger charge is 2.15. The first-order valence-electron chi connectivity index (χ1n) is 7.24. The standard InChI is InChI=1S/C15H18N4O2/c20-14-12-6-2-1-5-11(12)13(17-18-14)15(21)16-7-10-19-8-3-4-9-19/h1-2,5-6H,3-4,7-10H2,(H,16,21)(H,18,20). The molecule has 6 heteroatoms. The van der Waals surface area contributed by atoms with Gasteiger partial charge in [0.05, 0.1) is 5.39 Å². The van der Waals surface area contributed by atoms with Gasteiger partial charge in [-0.05, 0) is 32.0 Å². The Morgan fingerprint density at radius 1 is 1.24 bits per heavy atom. The number of aromatic amines is 1. The Balaban J connectivity index is 1.72. The highest BCUT2D eigenvalue weighted by molar-refractivity contribution is 6.04. The third-order valence-electron chi connectivity index (χ3n) is 3.82. The summed E-state index contributed by atoms with van der Waals surface area (Å²) in [5.41, 5.74) is -0.00848. The lowest BCUT2D eigenvalue weighted by Gasteiger charge is -2.14. The molecule has 1 aromatic carbocycles. The van der Waals surface area contributed by atoms with Crippen molar-refractivity contribution in [2.24, 2.45) is 0 Å². The number of H-pyrrole nitrogens is 1. The van der Waals surface area contributed by atoms with Crippen LogP contribution in [0.25, 0.3) is 10.8 Å². The molecule has 1 amide bonds. The minimum atomic E-state index is -0.279. The van der Waals surface area contributed by atoms with Crippen LogP contribution in [0.3, 0.4) is 0 Å². The molecule has 6 nitrogen and oxygen atoms in total. The number of carbonyl (C=O) groups excluding carboxylic acids is 1. The van der Waals surface area contributed by atoms with E-state index in [0.29, 0.717) is 17.3 Å². The zero-order chi connectivity index (χ0) is 14.7. The zero-order valence-electron chi connectivity index (χ0n) is 11.8. The summed E-state index contributed by atoms with van der Waals surface area (Å²) in [4.78, 5) is 26.2. The van der Waals surface area contributed by atoms with Gasteiger partial charge in [0, 0.05) is 18.5 Å². The maximum atomic E-state index is 12.2. The number of carbonyl (C=O) groups is 1. The lowest BCUT2D eigenvalue weighted by Crippen LogP contribution is -2.34. The van der Waals surface area contributed by atoms with E-state index in [1.165, 1.54) is 12.8 Å². The molecular weight excluding hydrogens is 268 g/mol. The number of fused-ring (bicyclic) bond motifs is 1. The second kappa shape index (κ2) is 6.05. The first-order valence-corrected chi connectivity index (χ1v) is 7.24. The quantitative estimate of drug-likeness (QED) is 0.869. The molecule has 1 aliphatic heterocycles. The molecular formula is C15H18N4O2. The molecule has 0 saturated carbocycles. The fourth-order valence-corrected chi connectivity index (χ4v) is 2.71. The number of nitrogens with zero attached hydrogens (tertiary/aromatic N) is 2. The molecule has 1 aliphatic rings. The van der Waals surface area contributed by atoms with E-state index in [-0.39, 0.29) is 17.2 Å². The van der Waals surface area contributed by atoms with Gasteiger partial charge in [-0.25, -0.2) is 5.10 Å². The molecule has 0 radical (unpaired) electrons. The van der Waals surface area contributed by atoms with Crippen LogP contribution in [-0.4, -0.2) is 47.2 Å². The maximum Gasteiger partial charge on any atom is 0.272 e. The highest BCUT2D eigenvalue weighted by atomic mass is 16.2. The van der Waals surface area contributed by atoms with E-state index in [9.17, 15) is 9.59 Å². The van der Waals surface area contributed by atoms with Gasteiger partial charge in [-0.2, -0.15) is 5.10 Å². The van der Waals surface area contributed by atoms with Gasteiger partial charge in [0.1, 0.15) is 0 Å². The summed E-state index contributed by atoms with van der Waals surface area (Å²) in [6.07, 6.45) is 2.47. The second-order valence-electron chi connectivity index (χ2n) is 5.25. The SMILES string of the molecule is O=C(NCCN1CCCC1)c1n[nH]c(=O)c2ccccc12. The van der Waals surface area contributed by atoms with Crippen LogP contribution < -0.4 is 10.9 Å². The Labute approximate surface area is 122 Å². The molecule has 0 spiro atoms. The Hall–Kier alpha value is -2.21. The summed E-state index contributed by atoms with van der Waals surface area (Å²) >= 11 is 0. The van der Waals surface area contributed by atoms with Gasteiger partial charge in [-0.3, -0.25) is 9.59 Å². The summed E-state index contributed by atoms with van der Waals surface area (Å²) < 4.78 is 0. The fraction of sp³-hybridized carbons (Fsp3) is 0.400. The summed E-state index contributed by atoms with van der Waals surface area (Å²) in [5.74, 6) is -0.248. The predicted molar refractivity (Wildman–Crippen MR) is 80.4 cm³/mol. The predicted octanol–water partition coefficient (Wildman–Crippen LogP) is 0.749. The van der Waals surface area contributed by atoms with Crippen molar-refractivity contribution in [2.45, 2.75) is 12.8 Å². The molecule has 1 saturated heterocycles. The van der Waals surface area contributed by atoms with Gasteiger partial charge in [0.15, 0.2) is 5.69 Å². The number of hydrogen-bond donors (Lipinski definition) is 2. The lowest BCUT2D eigenvalue weighted by atomic mass is 10.1. The number of aromatic nitrogens is 2. The van der Waals surface area contributed by atoms with Gasteiger partial charge in [-0.15, -0.1) is 0 Å². The normalized spacial score (nSPS) is 15.4. The maximum absolute atomic E-state index is 12.2. The van der Waals surface area contributed by atoms with E-state index in [2.05, 4.69) is 20.4 Å². The highest BCUT2D eigenvalue weighted by Crippen LogP contribution is 2.12. The van der Waals surface area contributed by atoms with Crippen molar-refractivity contribution < 1.29 is 4.79 Å². The van der Waals surface area contributed by atoms with Crippen LogP contribution in [0.1, 0.15) is 23.3 Å². The van der Waals surface area contributed by atoms with Gasteiger partial charge in [-0.1, -0.05) is 18.2 Å². The molecule has 2 heterocycles. The second-order valence-corrected chi connectivity index (χ2v) is 5.25. The Morgan fingerprint density at radius 2 is 1.95 bits per heavy atom. The van der Waals surface area contributed by atoms with Gasteiger partial charge < -0.3 is 10.2 Å². The van der Waals surface area contributed by atoms with Crippen molar-refractivity contribution in [1.29, 1.82) is 0 Å². The Morgan fingerprint density at radius 3 is 2.71 bits per heavy atom. The first kappa shape index (κ1) is 13.8. The number of amides is 1. The Bertz CT molecular complexity index is 704. The monoisotopic (exact) mass is 286 g/mol. The summed E-state index contributed by atoms with van der Waals surface area (Å²) in [5, 5.41) is 10.2. The fourth-order valence-electron chi connectivity index (χ4n) is 2.71. The van der Waals surface area contributed by atoms with Crippen LogP contribution in [-0.2, 0) is 0 Å². The smallest absolute Gasteiger partial charge is 0.272 e. The van der Waals surface area contributed by atoms with Crippen molar-refractivity contribution in [3.8, 4) is 0 Å². The molecule has 3 rings (SSSR count). The molecule has 2 aromatic rings. The van der Waals surface area contributed by atoms with Crippen molar-refractivity contribution in [3.63, 3.8) is 0 Å². The number of nitrogens with one attached hydrogen (secondary N) is 2. The van der Waals surface area contributed by atoms with Crippen molar-refractivity contribution in [2.75, 3.05) is 26.2 Å². The van der Waals surface area contributed by atoms with E-state index in [1.54, 1.807) is 24.3 Å². The molecule has 0 atom stereocenters. The number of benzene rings is 1. The third kappa shape index (κ3) is 2.95. The van der Waals surface area contributed by atoms with Gasteiger partial charge in [0.2, 0.25) is 0 Å². The lowest BCUT2D eigenvalue weighted by molar-refractivity contribution is 0.0945. The minimum absolute atomic E-state index is 0.248. The number of likely N-dealkylation sites (tertiary alicyclic amines) is 1. The van der Waals surface area contributed by atoms with Crippen molar-refractivity contribution in [1.82, 2.24) is 20.4 Å². The van der Waals surface area contributed by atoms with Crippen LogP contribution in [0, 0.1) is 0 Å². The molecule has 1 aromatic heterocycles. The zero-order valence-corrected chi connectivity index (χ0v) is 11.8. The molecule has 0 aliphatic carbocycles. The summed E-state index contributed by atoms with van der Waals surface area (Å²) in [6.45, 7) is 3.66. The first-order chi connectivity index (χ1) is 10.3. The van der Waals surface area contributed by atoms with E-state index in [4.69, 9.17) is 0 Å². The van der Waals surface area contributed by atoms with E-state index in [0.717, 1.165) is 19.6 Å². The molecule has 0 bridgehead atoms. The Kier molecular flexibility index (Phi) is 3.96. The number of hydrogen-bond acceptors (Lipinski definition) is 4. The minimum Gasteiger partial charge on any atom is -0.349 e. The van der Waals surface area contributed by atoms with Crippen molar-refractivity contribution >= 4 is 16.7 Å². The summed E-state index contributed by atoms with van der Waals surface area (Å²) in [6, 6.07) is 7.00. The van der Waals surface area contributed by atoms with Crippen LogP contribution in [0.2, 0.25) is 0 Å².